The van der Waals surface area contributed by atoms with Crippen LogP contribution in [-0.2, 0) is 28.6 Å². The van der Waals surface area contributed by atoms with Gasteiger partial charge in [-0.1, -0.05) is 262 Å². The van der Waals surface area contributed by atoms with Crippen LogP contribution < -0.4 is 0 Å². The molecule has 402 valence electrons. The van der Waals surface area contributed by atoms with Crippen LogP contribution in [-0.4, -0.2) is 37.2 Å². The molecule has 0 heterocycles. The predicted molar refractivity (Wildman–Crippen MR) is 298 cm³/mol. The van der Waals surface area contributed by atoms with Crippen LogP contribution >= 0.6 is 0 Å². The van der Waals surface area contributed by atoms with Crippen molar-refractivity contribution in [3.8, 4) is 0 Å². The SMILES string of the molecule is CCCCC/C=C/C/C=C/C/C=C/CCCCCCC(=O)O[C@@H](COC(=O)CCCCCCCCCCC/C=C/CCCCCCCC)COC(=O)CCCCCCCCCCCCCCCCC. The lowest BCUT2D eigenvalue weighted by Gasteiger charge is -2.18. The topological polar surface area (TPSA) is 78.9 Å². The summed E-state index contributed by atoms with van der Waals surface area (Å²) in [6.07, 6.45) is 71.0. The molecule has 0 radical (unpaired) electrons. The Bertz CT molecular complexity index is 1200. The van der Waals surface area contributed by atoms with Crippen molar-refractivity contribution >= 4 is 17.9 Å². The number of unbranched alkanes of at least 4 members (excludes halogenated alkanes) is 36. The Balaban J connectivity index is 4.38. The summed E-state index contributed by atoms with van der Waals surface area (Å²) in [6, 6.07) is 0. The molecule has 0 saturated heterocycles. The van der Waals surface area contributed by atoms with Crippen molar-refractivity contribution in [1.29, 1.82) is 0 Å². The van der Waals surface area contributed by atoms with Gasteiger partial charge in [0, 0.05) is 19.3 Å². The second-order valence-corrected chi connectivity index (χ2v) is 20.3. The Hall–Kier alpha value is -2.63. The predicted octanol–water partition coefficient (Wildman–Crippen LogP) is 20.2. The van der Waals surface area contributed by atoms with Gasteiger partial charge < -0.3 is 14.2 Å². The summed E-state index contributed by atoms with van der Waals surface area (Å²) in [4.78, 5) is 38.2. The van der Waals surface area contributed by atoms with E-state index in [4.69, 9.17) is 14.2 Å². The van der Waals surface area contributed by atoms with Gasteiger partial charge >= 0.3 is 17.9 Å². The van der Waals surface area contributed by atoms with E-state index in [1.807, 2.05) is 0 Å². The van der Waals surface area contributed by atoms with E-state index >= 15 is 0 Å². The first-order chi connectivity index (χ1) is 34.0. The minimum Gasteiger partial charge on any atom is -0.462 e. The van der Waals surface area contributed by atoms with E-state index in [0.717, 1.165) is 83.5 Å². The number of allylic oxidation sites excluding steroid dienone is 8. The third kappa shape index (κ3) is 56.2. The highest BCUT2D eigenvalue weighted by molar-refractivity contribution is 5.71. The van der Waals surface area contributed by atoms with E-state index in [1.165, 1.54) is 193 Å². The highest BCUT2D eigenvalue weighted by atomic mass is 16.6. The minimum absolute atomic E-state index is 0.0795. The van der Waals surface area contributed by atoms with Crippen LogP contribution in [0, 0.1) is 0 Å². The van der Waals surface area contributed by atoms with Crippen molar-refractivity contribution in [3.05, 3.63) is 48.6 Å². The second kappa shape index (κ2) is 57.9. The molecule has 0 spiro atoms. The summed E-state index contributed by atoms with van der Waals surface area (Å²) in [6.45, 7) is 6.63. The van der Waals surface area contributed by atoms with Gasteiger partial charge in [0.25, 0.3) is 0 Å². The summed E-state index contributed by atoms with van der Waals surface area (Å²) < 4.78 is 16.9. The van der Waals surface area contributed by atoms with Gasteiger partial charge in [-0.2, -0.15) is 0 Å². The summed E-state index contributed by atoms with van der Waals surface area (Å²) in [5, 5.41) is 0. The van der Waals surface area contributed by atoms with Crippen molar-refractivity contribution in [3.63, 3.8) is 0 Å². The molecule has 6 nitrogen and oxygen atoms in total. The molecule has 0 unspecified atom stereocenters. The van der Waals surface area contributed by atoms with Crippen LogP contribution in [0.25, 0.3) is 0 Å². The molecule has 69 heavy (non-hydrogen) atoms. The van der Waals surface area contributed by atoms with E-state index in [1.54, 1.807) is 0 Å². The van der Waals surface area contributed by atoms with Crippen LogP contribution in [0.3, 0.4) is 0 Å². The fraction of sp³-hybridized carbons (Fsp3) is 0.825. The fourth-order valence-corrected chi connectivity index (χ4v) is 8.74. The first-order valence-corrected chi connectivity index (χ1v) is 30.1. The Morgan fingerprint density at radius 1 is 0.290 bits per heavy atom. The van der Waals surface area contributed by atoms with Gasteiger partial charge in [-0.05, 0) is 83.5 Å². The van der Waals surface area contributed by atoms with Gasteiger partial charge in [0.05, 0.1) is 0 Å². The number of carbonyl (C=O) groups excluding carboxylic acids is 3. The zero-order valence-corrected chi connectivity index (χ0v) is 46.1. The van der Waals surface area contributed by atoms with Crippen LogP contribution in [0.4, 0.5) is 0 Å². The quantitative estimate of drug-likeness (QED) is 0.0262. The third-order valence-corrected chi connectivity index (χ3v) is 13.3. The molecule has 0 aromatic heterocycles. The van der Waals surface area contributed by atoms with Gasteiger partial charge in [0.2, 0.25) is 0 Å². The molecule has 0 aliphatic carbocycles. The molecule has 0 saturated carbocycles. The van der Waals surface area contributed by atoms with Crippen LogP contribution in [0.5, 0.6) is 0 Å². The van der Waals surface area contributed by atoms with Crippen molar-refractivity contribution < 1.29 is 28.6 Å². The van der Waals surface area contributed by atoms with Crippen molar-refractivity contribution in [2.75, 3.05) is 13.2 Å². The minimum atomic E-state index is -0.784. The first kappa shape index (κ1) is 66.4. The number of hydrogen-bond donors (Lipinski definition) is 0. The number of esters is 3. The van der Waals surface area contributed by atoms with E-state index in [-0.39, 0.29) is 31.1 Å². The van der Waals surface area contributed by atoms with Crippen molar-refractivity contribution in [1.82, 2.24) is 0 Å². The van der Waals surface area contributed by atoms with E-state index in [0.29, 0.717) is 19.3 Å². The first-order valence-electron chi connectivity index (χ1n) is 30.1. The maximum absolute atomic E-state index is 12.9. The lowest BCUT2D eigenvalue weighted by atomic mass is 10.0. The van der Waals surface area contributed by atoms with Gasteiger partial charge in [-0.15, -0.1) is 0 Å². The molecule has 0 rings (SSSR count). The molecule has 1 atom stereocenters. The molecule has 6 heteroatoms. The van der Waals surface area contributed by atoms with Crippen molar-refractivity contribution in [2.45, 2.75) is 322 Å². The molecule has 0 fully saturated rings. The van der Waals surface area contributed by atoms with Crippen LogP contribution in [0.15, 0.2) is 48.6 Å². The standard InChI is InChI=1S/C63H114O6/c1-4-7-10-13-16-19-22-25-28-30-31-33-35-38-41-44-47-50-53-56-62(65)68-59-60(58-67-61(64)55-52-49-46-43-40-37-34-27-24-21-18-15-12-9-6-3)69-63(66)57-54-51-48-45-42-39-36-32-29-26-23-20-17-14-11-8-5-2/h17,20,25-26,28-29,36,39,60H,4-16,18-19,21-24,27,30-35,37-38,40-59H2,1-3H3/b20-17+,28-25+,29-26+,39-36+/t60-/m1/s1. The van der Waals surface area contributed by atoms with E-state index < -0.39 is 6.10 Å². The Labute approximate surface area is 428 Å². The fourth-order valence-electron chi connectivity index (χ4n) is 8.74. The zero-order valence-electron chi connectivity index (χ0n) is 46.1. The summed E-state index contributed by atoms with van der Waals surface area (Å²) in [7, 11) is 0. The third-order valence-electron chi connectivity index (χ3n) is 13.3. The van der Waals surface area contributed by atoms with E-state index in [2.05, 4.69) is 69.4 Å². The maximum atomic E-state index is 12.9. The highest BCUT2D eigenvalue weighted by Gasteiger charge is 2.19. The Morgan fingerprint density at radius 2 is 0.522 bits per heavy atom. The smallest absolute Gasteiger partial charge is 0.306 e. The largest absolute Gasteiger partial charge is 0.462 e. The molecule has 0 aromatic carbocycles. The summed E-state index contributed by atoms with van der Waals surface area (Å²) in [5.74, 6) is -0.886. The van der Waals surface area contributed by atoms with Crippen molar-refractivity contribution in [2.24, 2.45) is 0 Å². The molecule has 0 aliphatic heterocycles. The molecule has 0 amide bonds. The average Bonchev–Trinajstić information content (AvgIpc) is 3.35. The molecular formula is C63H114O6. The number of rotatable bonds is 55. The number of hydrogen-bond acceptors (Lipinski definition) is 6. The molecule has 0 bridgehead atoms. The molecule has 0 aliphatic rings. The number of ether oxygens (including phenoxy) is 3. The molecule has 0 N–H and O–H groups in total. The van der Waals surface area contributed by atoms with Gasteiger partial charge in [0.1, 0.15) is 13.2 Å². The highest BCUT2D eigenvalue weighted by Crippen LogP contribution is 2.16. The molecular weight excluding hydrogens is 853 g/mol. The zero-order chi connectivity index (χ0) is 50.0. The summed E-state index contributed by atoms with van der Waals surface area (Å²) >= 11 is 0. The second-order valence-electron chi connectivity index (χ2n) is 20.3. The van der Waals surface area contributed by atoms with Crippen LogP contribution in [0.1, 0.15) is 316 Å². The monoisotopic (exact) mass is 967 g/mol. The number of carbonyl (C=O) groups is 3. The maximum Gasteiger partial charge on any atom is 0.306 e. The summed E-state index contributed by atoms with van der Waals surface area (Å²) in [5.41, 5.74) is 0. The van der Waals surface area contributed by atoms with Crippen LogP contribution in [0.2, 0.25) is 0 Å². The van der Waals surface area contributed by atoms with E-state index in [9.17, 15) is 14.4 Å². The van der Waals surface area contributed by atoms with Gasteiger partial charge in [0.15, 0.2) is 6.10 Å². The lowest BCUT2D eigenvalue weighted by Crippen LogP contribution is -2.30. The molecule has 0 aromatic rings. The lowest BCUT2D eigenvalue weighted by molar-refractivity contribution is -0.167. The Kier molecular flexibility index (Phi) is 55.7. The Morgan fingerprint density at radius 3 is 0.855 bits per heavy atom. The normalized spacial score (nSPS) is 12.3. The average molecular weight is 968 g/mol. The van der Waals surface area contributed by atoms with Gasteiger partial charge in [-0.25, -0.2) is 0 Å². The van der Waals surface area contributed by atoms with Gasteiger partial charge in [-0.3, -0.25) is 14.4 Å².